The largest absolute Gasteiger partial charge is 0.324 e. The summed E-state index contributed by atoms with van der Waals surface area (Å²) in [5, 5.41) is 0. The molecule has 0 amide bonds. The predicted octanol–water partition coefficient (Wildman–Crippen LogP) is 1.80. The van der Waals surface area contributed by atoms with Crippen molar-refractivity contribution in [3.05, 3.63) is 29.6 Å². The third kappa shape index (κ3) is 1.48. The molecule has 1 aliphatic rings. The lowest BCUT2D eigenvalue weighted by Gasteiger charge is -2.09. The third-order valence-electron chi connectivity index (χ3n) is 2.45. The molecule has 1 fully saturated rings. The first-order valence-corrected chi connectivity index (χ1v) is 4.45. The highest BCUT2D eigenvalue weighted by Crippen LogP contribution is 2.39. The van der Waals surface area contributed by atoms with E-state index in [4.69, 9.17) is 5.73 Å². The first-order chi connectivity index (χ1) is 5.77. The molecule has 0 bridgehead atoms. The van der Waals surface area contributed by atoms with Crippen molar-refractivity contribution in [1.82, 2.24) is 4.98 Å². The Bertz CT molecular complexity index is 262. The van der Waals surface area contributed by atoms with Crippen LogP contribution in [-0.2, 0) is 0 Å². The molecule has 2 nitrogen and oxygen atoms in total. The summed E-state index contributed by atoms with van der Waals surface area (Å²) in [6.07, 6.45) is 4.47. The van der Waals surface area contributed by atoms with Gasteiger partial charge in [-0.3, -0.25) is 4.98 Å². The average molecular weight is 162 g/mol. The van der Waals surface area contributed by atoms with Gasteiger partial charge in [0.25, 0.3) is 0 Å². The normalized spacial score (nSPS) is 19.2. The Labute approximate surface area is 72.8 Å². The van der Waals surface area contributed by atoms with Crippen LogP contribution in [0.3, 0.4) is 0 Å². The summed E-state index contributed by atoms with van der Waals surface area (Å²) in [6.45, 7) is 1.99. The van der Waals surface area contributed by atoms with Crippen LogP contribution in [0.2, 0.25) is 0 Å². The van der Waals surface area contributed by atoms with Crippen LogP contribution in [0.4, 0.5) is 0 Å². The van der Waals surface area contributed by atoms with Gasteiger partial charge in [0.1, 0.15) is 0 Å². The van der Waals surface area contributed by atoms with Gasteiger partial charge < -0.3 is 5.73 Å². The van der Waals surface area contributed by atoms with E-state index in [0.29, 0.717) is 0 Å². The number of hydrogen-bond donors (Lipinski definition) is 1. The Morgan fingerprint density at radius 1 is 1.50 bits per heavy atom. The van der Waals surface area contributed by atoms with Crippen molar-refractivity contribution in [2.45, 2.75) is 25.8 Å². The number of aromatic nitrogens is 1. The highest BCUT2D eigenvalue weighted by molar-refractivity contribution is 5.18. The molecule has 64 valence electrons. The van der Waals surface area contributed by atoms with E-state index in [9.17, 15) is 0 Å². The van der Waals surface area contributed by atoms with Gasteiger partial charge in [-0.1, -0.05) is 6.07 Å². The van der Waals surface area contributed by atoms with E-state index in [2.05, 4.69) is 11.1 Å². The molecule has 0 spiro atoms. The van der Waals surface area contributed by atoms with Crippen molar-refractivity contribution >= 4 is 0 Å². The van der Waals surface area contributed by atoms with Gasteiger partial charge in [-0.25, -0.2) is 0 Å². The Hall–Kier alpha value is -0.890. The fourth-order valence-electron chi connectivity index (χ4n) is 1.40. The van der Waals surface area contributed by atoms with E-state index < -0.39 is 0 Å². The van der Waals surface area contributed by atoms with Crippen molar-refractivity contribution in [2.75, 3.05) is 0 Å². The quantitative estimate of drug-likeness (QED) is 0.720. The zero-order chi connectivity index (χ0) is 8.55. The van der Waals surface area contributed by atoms with E-state index in [-0.39, 0.29) is 6.04 Å². The number of nitrogens with two attached hydrogens (primary N) is 1. The number of nitrogens with zero attached hydrogens (tertiary/aromatic N) is 1. The molecule has 0 radical (unpaired) electrons. The van der Waals surface area contributed by atoms with Gasteiger partial charge in [0.05, 0.1) is 0 Å². The Morgan fingerprint density at radius 3 is 2.75 bits per heavy atom. The average Bonchev–Trinajstić information content (AvgIpc) is 2.87. The SMILES string of the molecule is Cc1ccc([C@@H](N)C2CC2)cn1. The number of pyridine rings is 1. The summed E-state index contributed by atoms with van der Waals surface area (Å²) < 4.78 is 0. The van der Waals surface area contributed by atoms with Crippen molar-refractivity contribution in [3.63, 3.8) is 0 Å². The lowest BCUT2D eigenvalue weighted by molar-refractivity contribution is 0.630. The van der Waals surface area contributed by atoms with Gasteiger partial charge in [0.15, 0.2) is 0 Å². The zero-order valence-corrected chi connectivity index (χ0v) is 7.33. The first-order valence-electron chi connectivity index (χ1n) is 4.45. The van der Waals surface area contributed by atoms with Gasteiger partial charge in [-0.05, 0) is 37.3 Å². The van der Waals surface area contributed by atoms with Crippen LogP contribution in [-0.4, -0.2) is 4.98 Å². The molecule has 1 heterocycles. The number of rotatable bonds is 2. The molecular formula is C10H14N2. The summed E-state index contributed by atoms with van der Waals surface area (Å²) >= 11 is 0. The second kappa shape index (κ2) is 2.87. The Morgan fingerprint density at radius 2 is 2.25 bits per heavy atom. The second-order valence-corrected chi connectivity index (χ2v) is 3.60. The molecule has 0 aromatic carbocycles. The summed E-state index contributed by atoms with van der Waals surface area (Å²) in [5.41, 5.74) is 8.25. The van der Waals surface area contributed by atoms with Gasteiger partial charge >= 0.3 is 0 Å². The van der Waals surface area contributed by atoms with E-state index in [1.54, 1.807) is 0 Å². The maximum atomic E-state index is 6.01. The molecule has 1 aromatic heterocycles. The molecule has 2 N–H and O–H groups in total. The predicted molar refractivity (Wildman–Crippen MR) is 48.6 cm³/mol. The standard InChI is InChI=1S/C10H14N2/c1-7-2-3-9(6-12-7)10(11)8-4-5-8/h2-3,6,8,10H,4-5,11H2,1H3/t10-/m0/s1. The van der Waals surface area contributed by atoms with Gasteiger partial charge in [0, 0.05) is 17.9 Å². The van der Waals surface area contributed by atoms with E-state index in [1.165, 1.54) is 18.4 Å². The van der Waals surface area contributed by atoms with Gasteiger partial charge in [-0.2, -0.15) is 0 Å². The van der Waals surface area contributed by atoms with Crippen molar-refractivity contribution < 1.29 is 0 Å². The molecule has 2 rings (SSSR count). The maximum Gasteiger partial charge on any atom is 0.0372 e. The monoisotopic (exact) mass is 162 g/mol. The van der Waals surface area contributed by atoms with Crippen LogP contribution in [0.1, 0.15) is 30.1 Å². The highest BCUT2D eigenvalue weighted by atomic mass is 14.7. The molecule has 0 aliphatic heterocycles. The van der Waals surface area contributed by atoms with Crippen LogP contribution in [0, 0.1) is 12.8 Å². The van der Waals surface area contributed by atoms with Crippen LogP contribution in [0.15, 0.2) is 18.3 Å². The number of hydrogen-bond acceptors (Lipinski definition) is 2. The maximum absolute atomic E-state index is 6.01. The van der Waals surface area contributed by atoms with Crippen molar-refractivity contribution in [1.29, 1.82) is 0 Å². The summed E-state index contributed by atoms with van der Waals surface area (Å²) in [7, 11) is 0. The topological polar surface area (TPSA) is 38.9 Å². The Kier molecular flexibility index (Phi) is 1.85. The van der Waals surface area contributed by atoms with E-state index in [0.717, 1.165) is 11.6 Å². The van der Waals surface area contributed by atoms with Crippen molar-refractivity contribution in [3.8, 4) is 0 Å². The molecule has 1 aromatic rings. The summed E-state index contributed by atoms with van der Waals surface area (Å²) in [4.78, 5) is 4.23. The minimum atomic E-state index is 0.220. The molecule has 0 unspecified atom stereocenters. The van der Waals surface area contributed by atoms with Gasteiger partial charge in [0.2, 0.25) is 0 Å². The molecule has 0 saturated heterocycles. The minimum Gasteiger partial charge on any atom is -0.324 e. The molecule has 1 saturated carbocycles. The lowest BCUT2D eigenvalue weighted by Crippen LogP contribution is -2.12. The van der Waals surface area contributed by atoms with Crippen LogP contribution < -0.4 is 5.73 Å². The van der Waals surface area contributed by atoms with Gasteiger partial charge in [-0.15, -0.1) is 0 Å². The fourth-order valence-corrected chi connectivity index (χ4v) is 1.40. The van der Waals surface area contributed by atoms with Crippen LogP contribution >= 0.6 is 0 Å². The van der Waals surface area contributed by atoms with Crippen LogP contribution in [0.25, 0.3) is 0 Å². The molecular weight excluding hydrogens is 148 g/mol. The molecule has 2 heteroatoms. The third-order valence-corrected chi connectivity index (χ3v) is 2.45. The highest BCUT2D eigenvalue weighted by Gasteiger charge is 2.29. The lowest BCUT2D eigenvalue weighted by atomic mass is 10.1. The summed E-state index contributed by atoms with van der Waals surface area (Å²) in [5.74, 6) is 0.717. The Balaban J connectivity index is 2.16. The first kappa shape index (κ1) is 7.74. The van der Waals surface area contributed by atoms with Crippen molar-refractivity contribution in [2.24, 2.45) is 11.7 Å². The van der Waals surface area contributed by atoms with E-state index in [1.807, 2.05) is 19.2 Å². The smallest absolute Gasteiger partial charge is 0.0372 e. The van der Waals surface area contributed by atoms with E-state index >= 15 is 0 Å². The summed E-state index contributed by atoms with van der Waals surface area (Å²) in [6, 6.07) is 4.33. The molecule has 12 heavy (non-hydrogen) atoms. The minimum absolute atomic E-state index is 0.220. The fraction of sp³-hybridized carbons (Fsp3) is 0.500. The molecule has 1 aliphatic carbocycles. The van der Waals surface area contributed by atoms with Crippen LogP contribution in [0.5, 0.6) is 0 Å². The number of aryl methyl sites for hydroxylation is 1. The zero-order valence-electron chi connectivity index (χ0n) is 7.33. The molecule has 1 atom stereocenters. The second-order valence-electron chi connectivity index (χ2n) is 3.60.